The lowest BCUT2D eigenvalue weighted by Gasteiger charge is -1.96. The molecule has 66 valence electrons. The van der Waals surface area contributed by atoms with E-state index in [1.165, 1.54) is 19.4 Å². The molecule has 0 aliphatic carbocycles. The van der Waals surface area contributed by atoms with E-state index in [2.05, 4.69) is 14.9 Å². The molecule has 2 N–H and O–H groups in total. The molecule has 12 heavy (non-hydrogen) atoms. The minimum Gasteiger partial charge on any atom is -0.465 e. The summed E-state index contributed by atoms with van der Waals surface area (Å²) in [5.74, 6) is -0.264. The van der Waals surface area contributed by atoms with E-state index in [9.17, 15) is 4.79 Å². The first kappa shape index (κ1) is 10.6. The van der Waals surface area contributed by atoms with Crippen LogP contribution in [0.5, 0.6) is 0 Å². The molecule has 1 aromatic rings. The quantitative estimate of drug-likeness (QED) is 0.642. The summed E-state index contributed by atoms with van der Waals surface area (Å²) in [6, 6.07) is 1.40. The fourth-order valence-corrected chi connectivity index (χ4v) is 0.613. The Morgan fingerprint density at radius 3 is 2.83 bits per heavy atom. The first-order valence-corrected chi connectivity index (χ1v) is 2.90. The van der Waals surface area contributed by atoms with Gasteiger partial charge in [-0.05, 0) is 6.07 Å². The van der Waals surface area contributed by atoms with Crippen molar-refractivity contribution >= 4 is 24.2 Å². The van der Waals surface area contributed by atoms with Gasteiger partial charge in [-0.15, -0.1) is 17.5 Å². The van der Waals surface area contributed by atoms with Gasteiger partial charge in [0.25, 0.3) is 0 Å². The molecule has 0 fully saturated rings. The second kappa shape index (κ2) is 4.50. The zero-order valence-corrected chi connectivity index (χ0v) is 7.17. The maximum atomic E-state index is 10.8. The van der Waals surface area contributed by atoms with Gasteiger partial charge in [-0.2, -0.15) is 5.10 Å². The van der Waals surface area contributed by atoms with Crippen LogP contribution in [0.4, 0.5) is 5.82 Å². The Morgan fingerprint density at radius 2 is 2.33 bits per heavy atom. The van der Waals surface area contributed by atoms with Crippen molar-refractivity contribution in [3.8, 4) is 0 Å². The lowest BCUT2D eigenvalue weighted by molar-refractivity contribution is 0.0600. The number of anilines is 1. The highest BCUT2D eigenvalue weighted by Gasteiger charge is 2.04. The predicted octanol–water partition coefficient (Wildman–Crippen LogP) is 0.267. The number of esters is 1. The first-order valence-electron chi connectivity index (χ1n) is 2.90. The van der Waals surface area contributed by atoms with E-state index in [-0.39, 0.29) is 18.2 Å². The summed E-state index contributed by atoms with van der Waals surface area (Å²) in [5, 5.41) is 6.95. The van der Waals surface area contributed by atoms with Gasteiger partial charge < -0.3 is 10.5 Å². The summed E-state index contributed by atoms with van der Waals surface area (Å²) in [6.07, 6.45) is 1.29. The van der Waals surface area contributed by atoms with Gasteiger partial charge >= 0.3 is 5.97 Å². The summed E-state index contributed by atoms with van der Waals surface area (Å²) in [6.45, 7) is 0. The van der Waals surface area contributed by atoms with Gasteiger partial charge in [0.2, 0.25) is 0 Å². The lowest BCUT2D eigenvalue weighted by atomic mass is 10.3. The fraction of sp³-hybridized carbons (Fsp3) is 0.167. The zero-order valence-electron chi connectivity index (χ0n) is 6.35. The summed E-state index contributed by atoms with van der Waals surface area (Å²) in [5.41, 5.74) is 5.58. The number of carbonyl (C=O) groups is 1. The van der Waals surface area contributed by atoms with Crippen molar-refractivity contribution in [3.63, 3.8) is 0 Å². The summed E-state index contributed by atoms with van der Waals surface area (Å²) in [4.78, 5) is 10.8. The van der Waals surface area contributed by atoms with Crippen LogP contribution in [-0.2, 0) is 4.74 Å². The molecule has 1 aromatic heterocycles. The summed E-state index contributed by atoms with van der Waals surface area (Å²) in [7, 11) is 1.29. The number of carbonyl (C=O) groups excluding carboxylic acids is 1. The van der Waals surface area contributed by atoms with Gasteiger partial charge in [-0.3, -0.25) is 0 Å². The lowest BCUT2D eigenvalue weighted by Crippen LogP contribution is -2.04. The number of aromatic nitrogens is 2. The van der Waals surface area contributed by atoms with E-state index >= 15 is 0 Å². The summed E-state index contributed by atoms with van der Waals surface area (Å²) < 4.78 is 4.43. The third kappa shape index (κ3) is 2.35. The number of nitrogens with two attached hydrogens (primary N) is 1. The Bertz CT molecular complexity index is 279. The van der Waals surface area contributed by atoms with Gasteiger partial charge in [-0.25, -0.2) is 4.79 Å². The zero-order chi connectivity index (χ0) is 8.27. The molecular formula is C6H8ClN3O2. The molecule has 0 radical (unpaired) electrons. The minimum atomic E-state index is -0.466. The Labute approximate surface area is 75.3 Å². The topological polar surface area (TPSA) is 78.1 Å². The van der Waals surface area contributed by atoms with Crippen molar-refractivity contribution in [1.29, 1.82) is 0 Å². The highest BCUT2D eigenvalue weighted by molar-refractivity contribution is 5.89. The van der Waals surface area contributed by atoms with E-state index in [0.29, 0.717) is 5.56 Å². The third-order valence-corrected chi connectivity index (χ3v) is 1.09. The second-order valence-electron chi connectivity index (χ2n) is 1.86. The number of rotatable bonds is 1. The average molecular weight is 190 g/mol. The Kier molecular flexibility index (Phi) is 3.99. The summed E-state index contributed by atoms with van der Waals surface area (Å²) >= 11 is 0. The average Bonchev–Trinajstić information content (AvgIpc) is 2.03. The Hall–Kier alpha value is -1.36. The number of hydrogen-bond acceptors (Lipinski definition) is 5. The largest absolute Gasteiger partial charge is 0.465 e. The van der Waals surface area contributed by atoms with Crippen LogP contribution in [0, 0.1) is 0 Å². The number of hydrogen-bond donors (Lipinski definition) is 1. The SMILES string of the molecule is COC(=O)c1cnnc(N)c1.Cl. The van der Waals surface area contributed by atoms with Crippen LogP contribution in [0.25, 0.3) is 0 Å². The Balaban J connectivity index is 0.00000121. The van der Waals surface area contributed by atoms with Crippen LogP contribution < -0.4 is 5.73 Å². The van der Waals surface area contributed by atoms with Crippen LogP contribution in [0.15, 0.2) is 12.3 Å². The normalized spacial score (nSPS) is 8.42. The molecule has 0 aromatic carbocycles. The molecule has 0 aliphatic rings. The fourth-order valence-electron chi connectivity index (χ4n) is 0.613. The predicted molar refractivity (Wildman–Crippen MR) is 45.0 cm³/mol. The maximum absolute atomic E-state index is 10.8. The smallest absolute Gasteiger partial charge is 0.339 e. The van der Waals surface area contributed by atoms with Gasteiger partial charge in [0.15, 0.2) is 0 Å². The van der Waals surface area contributed by atoms with Crippen molar-refractivity contribution in [2.24, 2.45) is 0 Å². The first-order chi connectivity index (χ1) is 5.24. The van der Waals surface area contributed by atoms with Crippen LogP contribution >= 0.6 is 12.4 Å². The monoisotopic (exact) mass is 189 g/mol. The standard InChI is InChI=1S/C6H7N3O2.ClH/c1-11-6(10)4-2-5(7)9-8-3-4;/h2-3H,1H3,(H2,7,9);1H. The van der Waals surface area contributed by atoms with Crippen LogP contribution in [0.2, 0.25) is 0 Å². The molecule has 5 nitrogen and oxygen atoms in total. The van der Waals surface area contributed by atoms with Crippen molar-refractivity contribution in [2.45, 2.75) is 0 Å². The molecule has 0 bridgehead atoms. The van der Waals surface area contributed by atoms with Crippen LogP contribution in [0.1, 0.15) is 10.4 Å². The van der Waals surface area contributed by atoms with E-state index in [0.717, 1.165) is 0 Å². The third-order valence-electron chi connectivity index (χ3n) is 1.09. The molecular weight excluding hydrogens is 182 g/mol. The molecule has 1 heterocycles. The minimum absolute atomic E-state index is 0. The molecule has 0 atom stereocenters. The van der Waals surface area contributed by atoms with Crippen molar-refractivity contribution in [2.75, 3.05) is 12.8 Å². The van der Waals surface area contributed by atoms with Gasteiger partial charge in [0.05, 0.1) is 18.9 Å². The number of nitrogens with zero attached hydrogens (tertiary/aromatic N) is 2. The van der Waals surface area contributed by atoms with Crippen molar-refractivity contribution in [1.82, 2.24) is 10.2 Å². The highest BCUT2D eigenvalue weighted by atomic mass is 35.5. The van der Waals surface area contributed by atoms with Gasteiger partial charge in [-0.1, -0.05) is 0 Å². The molecule has 0 unspecified atom stereocenters. The number of nitrogen functional groups attached to an aromatic ring is 1. The molecule has 0 saturated heterocycles. The van der Waals surface area contributed by atoms with E-state index in [4.69, 9.17) is 5.73 Å². The van der Waals surface area contributed by atoms with Gasteiger partial charge in [0, 0.05) is 0 Å². The maximum Gasteiger partial charge on any atom is 0.339 e. The van der Waals surface area contributed by atoms with Crippen LogP contribution in [0.3, 0.4) is 0 Å². The van der Waals surface area contributed by atoms with Gasteiger partial charge in [0.1, 0.15) is 5.82 Å². The van der Waals surface area contributed by atoms with Crippen molar-refractivity contribution < 1.29 is 9.53 Å². The Morgan fingerprint density at radius 1 is 1.67 bits per heavy atom. The molecule has 0 spiro atoms. The number of ether oxygens (including phenoxy) is 1. The number of methoxy groups -OCH3 is 1. The molecule has 1 rings (SSSR count). The molecule has 6 heteroatoms. The number of halogens is 1. The van der Waals surface area contributed by atoms with E-state index in [1.54, 1.807) is 0 Å². The molecule has 0 saturated carbocycles. The highest BCUT2D eigenvalue weighted by Crippen LogP contribution is 2.01. The molecule has 0 aliphatic heterocycles. The van der Waals surface area contributed by atoms with E-state index < -0.39 is 5.97 Å². The van der Waals surface area contributed by atoms with Crippen molar-refractivity contribution in [3.05, 3.63) is 17.8 Å². The molecule has 0 amide bonds. The second-order valence-corrected chi connectivity index (χ2v) is 1.86. The van der Waals surface area contributed by atoms with Crippen LogP contribution in [-0.4, -0.2) is 23.3 Å². The van der Waals surface area contributed by atoms with E-state index in [1.807, 2.05) is 0 Å².